The van der Waals surface area contributed by atoms with Gasteiger partial charge in [0.05, 0.1) is 17.9 Å². The molecule has 1 fully saturated rings. The molecule has 0 amide bonds. The van der Waals surface area contributed by atoms with Crippen LogP contribution in [-0.4, -0.2) is 16.5 Å². The average Bonchev–Trinajstić information content (AvgIpc) is 3.00. The van der Waals surface area contributed by atoms with Crippen molar-refractivity contribution in [3.8, 4) is 0 Å². The monoisotopic (exact) mass is 309 g/mol. The number of anilines is 1. The van der Waals surface area contributed by atoms with Gasteiger partial charge in [0.1, 0.15) is 5.01 Å². The van der Waals surface area contributed by atoms with Gasteiger partial charge in [0, 0.05) is 28.8 Å². The highest BCUT2D eigenvalue weighted by Crippen LogP contribution is 2.37. The van der Waals surface area contributed by atoms with Crippen LogP contribution in [0.25, 0.3) is 0 Å². The number of halogens is 1. The van der Waals surface area contributed by atoms with E-state index < -0.39 is 0 Å². The average molecular weight is 310 g/mol. The molecule has 1 saturated heterocycles. The zero-order chi connectivity index (χ0) is 11.7. The molecule has 1 aliphatic heterocycles. The van der Waals surface area contributed by atoms with Crippen LogP contribution in [0, 0.1) is 0 Å². The molecule has 0 unspecified atom stereocenters. The summed E-state index contributed by atoms with van der Waals surface area (Å²) in [6.07, 6.45) is 8.03. The van der Waals surface area contributed by atoms with Crippen molar-refractivity contribution < 1.29 is 0 Å². The van der Waals surface area contributed by atoms with Crippen LogP contribution in [0.2, 0.25) is 0 Å². The summed E-state index contributed by atoms with van der Waals surface area (Å²) in [4.78, 5) is 11.1. The van der Waals surface area contributed by atoms with E-state index in [4.69, 9.17) is 0 Å². The van der Waals surface area contributed by atoms with Crippen LogP contribution < -0.4 is 4.90 Å². The second-order valence-electron chi connectivity index (χ2n) is 4.08. The minimum Gasteiger partial charge on any atom is -0.361 e. The van der Waals surface area contributed by atoms with E-state index >= 15 is 0 Å². The smallest absolute Gasteiger partial charge is 0.115 e. The van der Waals surface area contributed by atoms with Gasteiger partial charge in [-0.2, -0.15) is 0 Å². The largest absolute Gasteiger partial charge is 0.361 e. The van der Waals surface area contributed by atoms with Gasteiger partial charge in [-0.05, 0) is 34.8 Å². The molecule has 0 aliphatic carbocycles. The van der Waals surface area contributed by atoms with E-state index in [1.807, 2.05) is 24.0 Å². The third-order valence-electron chi connectivity index (χ3n) is 3.01. The van der Waals surface area contributed by atoms with E-state index in [1.165, 1.54) is 23.5 Å². The Balaban J connectivity index is 1.92. The predicted octanol–water partition coefficient (Wildman–Crippen LogP) is 3.64. The first-order valence-corrected chi connectivity index (χ1v) is 7.28. The van der Waals surface area contributed by atoms with Gasteiger partial charge in [-0.25, -0.2) is 4.98 Å². The summed E-state index contributed by atoms with van der Waals surface area (Å²) >= 11 is 5.21. The van der Waals surface area contributed by atoms with Crippen molar-refractivity contribution in [1.82, 2.24) is 9.97 Å². The zero-order valence-electron chi connectivity index (χ0n) is 9.21. The summed E-state index contributed by atoms with van der Waals surface area (Å²) < 4.78 is 1.03. The van der Waals surface area contributed by atoms with Crippen molar-refractivity contribution in [1.29, 1.82) is 0 Å². The highest BCUT2D eigenvalue weighted by Gasteiger charge is 2.28. The molecule has 1 atom stereocenters. The Hall–Kier alpha value is -0.940. The van der Waals surface area contributed by atoms with E-state index in [1.54, 1.807) is 11.3 Å². The highest BCUT2D eigenvalue weighted by atomic mass is 79.9. The maximum Gasteiger partial charge on any atom is 0.115 e. The molecule has 0 bridgehead atoms. The van der Waals surface area contributed by atoms with Crippen molar-refractivity contribution >= 4 is 33.0 Å². The van der Waals surface area contributed by atoms with Crippen LogP contribution in [-0.2, 0) is 0 Å². The zero-order valence-corrected chi connectivity index (χ0v) is 11.6. The molecule has 1 aliphatic rings. The van der Waals surface area contributed by atoms with Crippen LogP contribution in [0.4, 0.5) is 5.69 Å². The van der Waals surface area contributed by atoms with Gasteiger partial charge in [0.2, 0.25) is 0 Å². The van der Waals surface area contributed by atoms with Crippen LogP contribution in [0.1, 0.15) is 23.9 Å². The Morgan fingerprint density at radius 1 is 1.41 bits per heavy atom. The maximum absolute atomic E-state index is 4.44. The van der Waals surface area contributed by atoms with Gasteiger partial charge in [0.15, 0.2) is 0 Å². The fraction of sp³-hybridized carbons (Fsp3) is 0.333. The number of rotatable bonds is 2. The van der Waals surface area contributed by atoms with Gasteiger partial charge in [-0.1, -0.05) is 0 Å². The van der Waals surface area contributed by atoms with Crippen molar-refractivity contribution in [3.05, 3.63) is 39.5 Å². The first-order valence-electron chi connectivity index (χ1n) is 5.61. The highest BCUT2D eigenvalue weighted by molar-refractivity contribution is 9.10. The summed E-state index contributed by atoms with van der Waals surface area (Å²) in [6.45, 7) is 1.09. The van der Waals surface area contributed by atoms with Gasteiger partial charge in [-0.3, -0.25) is 4.98 Å². The standard InChI is InChI=1S/C12H12BrN3S/c13-9-6-10(8-14-7-9)16-4-1-2-11(16)12-15-3-5-17-12/h3,5-8,11H,1-2,4H2/t11-/m0/s1. The molecule has 0 aromatic carbocycles. The normalized spacial score (nSPS) is 19.8. The fourth-order valence-electron chi connectivity index (χ4n) is 2.29. The maximum atomic E-state index is 4.44. The van der Waals surface area contributed by atoms with Crippen molar-refractivity contribution in [3.63, 3.8) is 0 Å². The van der Waals surface area contributed by atoms with Crippen molar-refractivity contribution in [2.45, 2.75) is 18.9 Å². The summed E-state index contributed by atoms with van der Waals surface area (Å²) in [7, 11) is 0. The minimum atomic E-state index is 0.422. The number of aromatic nitrogens is 2. The summed E-state index contributed by atoms with van der Waals surface area (Å²) in [5.41, 5.74) is 1.18. The number of hydrogen-bond donors (Lipinski definition) is 0. The fourth-order valence-corrected chi connectivity index (χ4v) is 3.43. The first-order chi connectivity index (χ1) is 8.34. The van der Waals surface area contributed by atoms with Gasteiger partial charge >= 0.3 is 0 Å². The Labute approximate surface area is 113 Å². The number of pyridine rings is 1. The Morgan fingerprint density at radius 3 is 3.12 bits per heavy atom. The molecule has 0 N–H and O–H groups in total. The number of hydrogen-bond acceptors (Lipinski definition) is 4. The van der Waals surface area contributed by atoms with Gasteiger partial charge < -0.3 is 4.90 Å². The number of nitrogens with zero attached hydrogens (tertiary/aromatic N) is 3. The topological polar surface area (TPSA) is 29.0 Å². The summed E-state index contributed by atoms with van der Waals surface area (Å²) in [5.74, 6) is 0. The SMILES string of the molecule is Brc1cncc(N2CCC[C@H]2c2nccs2)c1. The van der Waals surface area contributed by atoms with Crippen LogP contribution in [0.3, 0.4) is 0 Å². The molecule has 0 saturated carbocycles. The summed E-state index contributed by atoms with van der Waals surface area (Å²) in [5, 5.41) is 3.26. The lowest BCUT2D eigenvalue weighted by Crippen LogP contribution is -2.22. The molecule has 3 heterocycles. The molecule has 88 valence electrons. The van der Waals surface area contributed by atoms with Gasteiger partial charge in [-0.15, -0.1) is 11.3 Å². The lowest BCUT2D eigenvalue weighted by atomic mass is 10.2. The molecule has 0 spiro atoms. The first kappa shape index (κ1) is 11.2. The molecule has 3 nitrogen and oxygen atoms in total. The second kappa shape index (κ2) is 4.74. The minimum absolute atomic E-state index is 0.422. The molecule has 0 radical (unpaired) electrons. The Bertz CT molecular complexity index is 500. The molecule has 5 heteroatoms. The van der Waals surface area contributed by atoms with Crippen molar-refractivity contribution in [2.24, 2.45) is 0 Å². The van der Waals surface area contributed by atoms with E-state index in [-0.39, 0.29) is 0 Å². The van der Waals surface area contributed by atoms with E-state index in [9.17, 15) is 0 Å². The lowest BCUT2D eigenvalue weighted by molar-refractivity contribution is 0.711. The van der Waals surface area contributed by atoms with E-state index in [0.29, 0.717) is 6.04 Å². The molecule has 3 rings (SSSR count). The summed E-state index contributed by atoms with van der Waals surface area (Å²) in [6, 6.07) is 2.55. The molecule has 2 aromatic rings. The molecule has 2 aromatic heterocycles. The predicted molar refractivity (Wildman–Crippen MR) is 73.4 cm³/mol. The van der Waals surface area contributed by atoms with E-state index in [2.05, 4.69) is 36.9 Å². The van der Waals surface area contributed by atoms with Crippen LogP contribution in [0.15, 0.2) is 34.5 Å². The van der Waals surface area contributed by atoms with Crippen molar-refractivity contribution in [2.75, 3.05) is 11.4 Å². The Morgan fingerprint density at radius 2 is 2.35 bits per heavy atom. The Kier molecular flexibility index (Phi) is 3.11. The van der Waals surface area contributed by atoms with E-state index in [0.717, 1.165) is 11.0 Å². The quantitative estimate of drug-likeness (QED) is 0.848. The lowest BCUT2D eigenvalue weighted by Gasteiger charge is -2.25. The third-order valence-corrected chi connectivity index (χ3v) is 4.32. The molecular weight excluding hydrogens is 298 g/mol. The third kappa shape index (κ3) is 2.21. The number of thiazole rings is 1. The molecule has 17 heavy (non-hydrogen) atoms. The molecular formula is C12H12BrN3S. The van der Waals surface area contributed by atoms with Crippen LogP contribution in [0.5, 0.6) is 0 Å². The van der Waals surface area contributed by atoms with Gasteiger partial charge in [0.25, 0.3) is 0 Å². The van der Waals surface area contributed by atoms with Crippen LogP contribution >= 0.6 is 27.3 Å². The second-order valence-corrected chi connectivity index (χ2v) is 5.92.